The molecule has 1 aliphatic carbocycles. The van der Waals surface area contributed by atoms with Crippen molar-refractivity contribution in [1.82, 2.24) is 4.90 Å². The van der Waals surface area contributed by atoms with Gasteiger partial charge in [-0.25, -0.2) is 0 Å². The summed E-state index contributed by atoms with van der Waals surface area (Å²) in [6.07, 6.45) is 4.36. The van der Waals surface area contributed by atoms with E-state index in [4.69, 9.17) is 4.74 Å². The lowest BCUT2D eigenvalue weighted by molar-refractivity contribution is 0.0660. The summed E-state index contributed by atoms with van der Waals surface area (Å²) in [6, 6.07) is 6.90. The molecule has 1 heterocycles. The van der Waals surface area contributed by atoms with Gasteiger partial charge in [0.2, 0.25) is 0 Å². The van der Waals surface area contributed by atoms with Crippen LogP contribution in [0.1, 0.15) is 31.2 Å². The summed E-state index contributed by atoms with van der Waals surface area (Å²) in [5, 5.41) is 0. The van der Waals surface area contributed by atoms with E-state index in [1.165, 1.54) is 0 Å². The zero-order chi connectivity index (χ0) is 16.3. The highest BCUT2D eigenvalue weighted by Crippen LogP contribution is 2.29. The molecule has 1 aromatic rings. The van der Waals surface area contributed by atoms with E-state index in [1.807, 2.05) is 19.1 Å². The lowest BCUT2D eigenvalue weighted by Crippen LogP contribution is -2.43. The van der Waals surface area contributed by atoms with Crippen LogP contribution in [0, 0.1) is 12.8 Å². The van der Waals surface area contributed by atoms with Gasteiger partial charge in [-0.1, -0.05) is 30.5 Å². The van der Waals surface area contributed by atoms with E-state index in [1.54, 1.807) is 12.1 Å². The number of aryl methyl sites for hydroxylation is 1. The first-order valence-corrected chi connectivity index (χ1v) is 9.74. The third-order valence-corrected chi connectivity index (χ3v) is 5.88. The average molecular weight is 336 g/mol. The van der Waals surface area contributed by atoms with Crippen LogP contribution in [0.15, 0.2) is 33.6 Å². The topological polar surface area (TPSA) is 59.0 Å². The smallest absolute Gasteiger partial charge is 0.283 e. The third kappa shape index (κ3) is 3.93. The Balaban J connectivity index is 1.93. The molecule has 0 radical (unpaired) electrons. The summed E-state index contributed by atoms with van der Waals surface area (Å²) in [7, 11) is -3.66. The summed E-state index contributed by atoms with van der Waals surface area (Å²) in [6.45, 7) is 4.65. The lowest BCUT2D eigenvalue weighted by Gasteiger charge is -2.32. The molecular weight excluding hydrogens is 312 g/mol. The van der Waals surface area contributed by atoms with E-state index >= 15 is 0 Å². The van der Waals surface area contributed by atoms with Crippen molar-refractivity contribution in [3.8, 4) is 0 Å². The molecule has 3 rings (SSSR count). The van der Waals surface area contributed by atoms with E-state index < -0.39 is 10.0 Å². The van der Waals surface area contributed by atoms with Gasteiger partial charge in [0, 0.05) is 19.0 Å². The molecule has 2 aliphatic rings. The normalized spacial score (nSPS) is 20.9. The van der Waals surface area contributed by atoms with Crippen molar-refractivity contribution in [2.24, 2.45) is 10.3 Å². The number of hydrogen-bond acceptors (Lipinski definition) is 3. The number of morpholine rings is 1. The molecule has 0 bridgehead atoms. The molecule has 0 aromatic heterocycles. The van der Waals surface area contributed by atoms with Crippen LogP contribution in [-0.2, 0) is 14.8 Å². The van der Waals surface area contributed by atoms with Crippen LogP contribution in [0.25, 0.3) is 0 Å². The molecule has 0 amide bonds. The summed E-state index contributed by atoms with van der Waals surface area (Å²) in [5.41, 5.74) is 1.04. The van der Waals surface area contributed by atoms with E-state index in [0.717, 1.165) is 50.2 Å². The highest BCUT2D eigenvalue weighted by atomic mass is 32.2. The van der Waals surface area contributed by atoms with Gasteiger partial charge in [0.05, 0.1) is 18.1 Å². The first kappa shape index (κ1) is 16.5. The number of benzene rings is 1. The third-order valence-electron chi connectivity index (χ3n) is 4.59. The maximum atomic E-state index is 12.7. The number of nitrogens with zero attached hydrogens (tertiary/aromatic N) is 2. The van der Waals surface area contributed by atoms with Gasteiger partial charge in [-0.3, -0.25) is 0 Å². The number of amidine groups is 1. The van der Waals surface area contributed by atoms with Gasteiger partial charge >= 0.3 is 0 Å². The van der Waals surface area contributed by atoms with Crippen LogP contribution in [0.2, 0.25) is 0 Å². The van der Waals surface area contributed by atoms with Gasteiger partial charge < -0.3 is 9.64 Å². The second kappa shape index (κ2) is 7.01. The fourth-order valence-electron chi connectivity index (χ4n) is 3.25. The fourth-order valence-corrected chi connectivity index (χ4v) is 4.35. The van der Waals surface area contributed by atoms with Crippen LogP contribution in [0.5, 0.6) is 0 Å². The van der Waals surface area contributed by atoms with Gasteiger partial charge in [0.15, 0.2) is 0 Å². The average Bonchev–Trinajstić information content (AvgIpc) is 3.08. The molecule has 1 saturated heterocycles. The predicted octanol–water partition coefficient (Wildman–Crippen LogP) is 2.60. The van der Waals surface area contributed by atoms with Gasteiger partial charge in [0.25, 0.3) is 10.0 Å². The van der Waals surface area contributed by atoms with E-state index in [2.05, 4.69) is 9.30 Å². The minimum absolute atomic E-state index is 0.258. The predicted molar refractivity (Wildman–Crippen MR) is 90.1 cm³/mol. The number of rotatable bonds is 3. The summed E-state index contributed by atoms with van der Waals surface area (Å²) in [5.74, 6) is 1.000. The van der Waals surface area contributed by atoms with Crippen LogP contribution < -0.4 is 0 Å². The van der Waals surface area contributed by atoms with E-state index in [0.29, 0.717) is 13.2 Å². The largest absolute Gasteiger partial charge is 0.378 e. The maximum absolute atomic E-state index is 12.7. The number of sulfonamides is 1. The van der Waals surface area contributed by atoms with Crippen molar-refractivity contribution < 1.29 is 13.2 Å². The molecule has 0 atom stereocenters. The zero-order valence-electron chi connectivity index (χ0n) is 13.6. The monoisotopic (exact) mass is 336 g/mol. The lowest BCUT2D eigenvalue weighted by atomic mass is 10.1. The summed E-state index contributed by atoms with van der Waals surface area (Å²) >= 11 is 0. The van der Waals surface area contributed by atoms with Crippen molar-refractivity contribution >= 4 is 15.9 Å². The highest BCUT2D eigenvalue weighted by molar-refractivity contribution is 7.90. The quantitative estimate of drug-likeness (QED) is 0.629. The Morgan fingerprint density at radius 3 is 2.35 bits per heavy atom. The molecule has 1 aliphatic heterocycles. The second-order valence-electron chi connectivity index (χ2n) is 6.32. The Morgan fingerprint density at radius 1 is 1.13 bits per heavy atom. The van der Waals surface area contributed by atoms with Crippen molar-refractivity contribution in [3.05, 3.63) is 29.8 Å². The van der Waals surface area contributed by atoms with Gasteiger partial charge in [-0.05, 0) is 31.9 Å². The molecule has 126 valence electrons. The Hall–Kier alpha value is -1.40. The summed E-state index contributed by atoms with van der Waals surface area (Å²) < 4.78 is 35.1. The maximum Gasteiger partial charge on any atom is 0.283 e. The van der Waals surface area contributed by atoms with Gasteiger partial charge in [-0.15, -0.1) is 4.40 Å². The number of hydrogen-bond donors (Lipinski definition) is 0. The molecule has 2 fully saturated rings. The van der Waals surface area contributed by atoms with Gasteiger partial charge in [0.1, 0.15) is 5.84 Å². The van der Waals surface area contributed by atoms with E-state index in [9.17, 15) is 8.42 Å². The standard InChI is InChI=1S/C17H24N2O3S/c1-14-6-8-16(9-7-14)23(20,21)18-17(15-4-2-3-5-15)19-10-12-22-13-11-19/h6-9,15H,2-5,10-13H2,1H3/b18-17+. The Kier molecular flexibility index (Phi) is 5.02. The van der Waals surface area contributed by atoms with Crippen LogP contribution in [0.4, 0.5) is 0 Å². The van der Waals surface area contributed by atoms with Crippen molar-refractivity contribution in [2.45, 2.75) is 37.5 Å². The van der Waals surface area contributed by atoms with Crippen LogP contribution in [0.3, 0.4) is 0 Å². The molecule has 1 aromatic carbocycles. The first-order valence-electron chi connectivity index (χ1n) is 8.30. The molecule has 23 heavy (non-hydrogen) atoms. The minimum Gasteiger partial charge on any atom is -0.378 e. The Bertz CT molecular complexity index is 656. The molecular formula is C17H24N2O3S. The van der Waals surface area contributed by atoms with Crippen LogP contribution >= 0.6 is 0 Å². The van der Waals surface area contributed by atoms with E-state index in [-0.39, 0.29) is 10.8 Å². The van der Waals surface area contributed by atoms with Crippen molar-refractivity contribution in [3.63, 3.8) is 0 Å². The molecule has 0 spiro atoms. The molecule has 6 heteroatoms. The van der Waals surface area contributed by atoms with Gasteiger partial charge in [-0.2, -0.15) is 8.42 Å². The Morgan fingerprint density at radius 2 is 1.74 bits per heavy atom. The first-order chi connectivity index (χ1) is 11.1. The molecule has 5 nitrogen and oxygen atoms in total. The number of ether oxygens (including phenoxy) is 1. The SMILES string of the molecule is Cc1ccc(S(=O)(=O)/N=C(\C2CCCC2)N2CCOCC2)cc1. The van der Waals surface area contributed by atoms with Crippen molar-refractivity contribution in [2.75, 3.05) is 26.3 Å². The second-order valence-corrected chi connectivity index (χ2v) is 7.92. The van der Waals surface area contributed by atoms with Crippen molar-refractivity contribution in [1.29, 1.82) is 0 Å². The fraction of sp³-hybridized carbons (Fsp3) is 0.588. The molecule has 1 saturated carbocycles. The molecule has 0 N–H and O–H groups in total. The Labute approximate surface area is 138 Å². The highest BCUT2D eigenvalue weighted by Gasteiger charge is 2.29. The summed E-state index contributed by atoms with van der Waals surface area (Å²) in [4.78, 5) is 2.37. The molecule has 0 unspecified atom stereocenters. The zero-order valence-corrected chi connectivity index (χ0v) is 14.4. The minimum atomic E-state index is -3.66. The van der Waals surface area contributed by atoms with Crippen LogP contribution in [-0.4, -0.2) is 45.5 Å².